The molecule has 8 heteroatoms. The van der Waals surface area contributed by atoms with Crippen molar-refractivity contribution in [3.8, 4) is 5.19 Å². The van der Waals surface area contributed by atoms with Crippen molar-refractivity contribution in [3.63, 3.8) is 0 Å². The van der Waals surface area contributed by atoms with Crippen molar-refractivity contribution < 1.29 is 13.2 Å². The van der Waals surface area contributed by atoms with Gasteiger partial charge in [-0.3, -0.25) is 0 Å². The van der Waals surface area contributed by atoms with Crippen LogP contribution in [0.4, 0.5) is 0 Å². The lowest BCUT2D eigenvalue weighted by molar-refractivity contribution is 0.135. The van der Waals surface area contributed by atoms with Crippen molar-refractivity contribution in [2.75, 3.05) is 13.1 Å². The molecule has 1 aliphatic heterocycles. The van der Waals surface area contributed by atoms with Gasteiger partial charge in [0.1, 0.15) is 10.3 Å². The molecular formula is C18H20N2O3S3. The summed E-state index contributed by atoms with van der Waals surface area (Å²) in [5.41, 5.74) is 0.942. The lowest BCUT2D eigenvalue weighted by Gasteiger charge is -2.30. The summed E-state index contributed by atoms with van der Waals surface area (Å²) in [4.78, 5) is 5.60. The Morgan fingerprint density at radius 1 is 1.15 bits per heavy atom. The van der Waals surface area contributed by atoms with Gasteiger partial charge in [0.2, 0.25) is 0 Å². The summed E-state index contributed by atoms with van der Waals surface area (Å²) in [6, 6.07) is 11.6. The van der Waals surface area contributed by atoms with E-state index in [-0.39, 0.29) is 6.10 Å². The largest absolute Gasteiger partial charge is 0.467 e. The molecule has 1 aliphatic rings. The molecule has 0 spiro atoms. The Hall–Kier alpha value is -1.48. The third-order valence-corrected chi connectivity index (χ3v) is 9.05. The number of fused-ring (bicyclic) bond motifs is 1. The zero-order valence-electron chi connectivity index (χ0n) is 14.4. The number of benzene rings is 1. The van der Waals surface area contributed by atoms with Gasteiger partial charge >= 0.3 is 0 Å². The molecule has 2 aromatic heterocycles. The number of aromatic nitrogens is 1. The first-order valence-corrected chi connectivity index (χ1v) is 11.7. The van der Waals surface area contributed by atoms with Crippen LogP contribution >= 0.6 is 22.7 Å². The first-order valence-electron chi connectivity index (χ1n) is 8.67. The summed E-state index contributed by atoms with van der Waals surface area (Å²) in [5.74, 6) is 0. The maximum absolute atomic E-state index is 12.8. The van der Waals surface area contributed by atoms with Crippen LogP contribution in [0.1, 0.15) is 24.6 Å². The SMILES string of the molecule is CCc1ccc(S(=O)(=O)N2CCC(Oc3nc4ccccc4s3)CC2)s1. The van der Waals surface area contributed by atoms with Gasteiger partial charge < -0.3 is 4.74 Å². The summed E-state index contributed by atoms with van der Waals surface area (Å²) in [5, 5.41) is 0.665. The Kier molecular flexibility index (Phi) is 5.00. The van der Waals surface area contributed by atoms with Crippen LogP contribution in [0.25, 0.3) is 10.2 Å². The van der Waals surface area contributed by atoms with Gasteiger partial charge in [-0.2, -0.15) is 4.31 Å². The van der Waals surface area contributed by atoms with Crippen molar-refractivity contribution in [2.45, 2.75) is 36.5 Å². The first-order chi connectivity index (χ1) is 12.6. The zero-order chi connectivity index (χ0) is 18.1. The second-order valence-corrected chi connectivity index (χ2v) is 10.6. The van der Waals surface area contributed by atoms with Gasteiger partial charge in [-0.15, -0.1) is 11.3 Å². The number of sulfonamides is 1. The normalized spacial score (nSPS) is 17.0. The fraction of sp³-hybridized carbons (Fsp3) is 0.389. The predicted octanol–water partition coefficient (Wildman–Crippen LogP) is 4.15. The van der Waals surface area contributed by atoms with Gasteiger partial charge in [0.05, 0.1) is 10.2 Å². The van der Waals surface area contributed by atoms with Crippen LogP contribution in [0.15, 0.2) is 40.6 Å². The average Bonchev–Trinajstić information content (AvgIpc) is 3.29. The van der Waals surface area contributed by atoms with E-state index in [1.54, 1.807) is 10.4 Å². The third-order valence-electron chi connectivity index (χ3n) is 4.52. The van der Waals surface area contributed by atoms with Crippen molar-refractivity contribution in [3.05, 3.63) is 41.3 Å². The quantitative estimate of drug-likeness (QED) is 0.636. The maximum Gasteiger partial charge on any atom is 0.274 e. The second-order valence-electron chi connectivity index (χ2n) is 6.24. The highest BCUT2D eigenvalue weighted by Gasteiger charge is 2.31. The minimum Gasteiger partial charge on any atom is -0.467 e. The number of ether oxygens (including phenoxy) is 1. The van der Waals surface area contributed by atoms with Crippen LogP contribution in [0.3, 0.4) is 0 Å². The monoisotopic (exact) mass is 408 g/mol. The molecule has 0 N–H and O–H groups in total. The van der Waals surface area contributed by atoms with E-state index in [1.807, 2.05) is 37.3 Å². The Labute approximate surface area is 161 Å². The van der Waals surface area contributed by atoms with Gasteiger partial charge in [-0.05, 0) is 43.5 Å². The highest BCUT2D eigenvalue weighted by molar-refractivity contribution is 7.91. The van der Waals surface area contributed by atoms with E-state index >= 15 is 0 Å². The Morgan fingerprint density at radius 3 is 2.62 bits per heavy atom. The maximum atomic E-state index is 12.8. The topological polar surface area (TPSA) is 59.5 Å². The molecule has 0 radical (unpaired) electrons. The number of para-hydroxylation sites is 1. The van der Waals surface area contributed by atoms with Crippen LogP contribution in [0.5, 0.6) is 5.19 Å². The zero-order valence-corrected chi connectivity index (χ0v) is 16.9. The molecule has 1 aromatic carbocycles. The van der Waals surface area contributed by atoms with E-state index in [0.717, 1.165) is 21.5 Å². The molecule has 0 saturated carbocycles. The summed E-state index contributed by atoms with van der Waals surface area (Å²) in [6.45, 7) is 3.00. The van der Waals surface area contributed by atoms with E-state index in [1.165, 1.54) is 22.7 Å². The van der Waals surface area contributed by atoms with E-state index in [4.69, 9.17) is 4.74 Å². The molecule has 0 atom stereocenters. The Morgan fingerprint density at radius 2 is 1.92 bits per heavy atom. The van der Waals surface area contributed by atoms with Crippen molar-refractivity contribution in [2.24, 2.45) is 0 Å². The number of aryl methyl sites for hydroxylation is 1. The minimum absolute atomic E-state index is 0.0107. The fourth-order valence-corrected chi connectivity index (χ4v) is 6.85. The van der Waals surface area contributed by atoms with Crippen LogP contribution in [0.2, 0.25) is 0 Å². The Balaban J connectivity index is 1.40. The van der Waals surface area contributed by atoms with Gasteiger partial charge in [0.25, 0.3) is 15.2 Å². The third kappa shape index (κ3) is 3.51. The summed E-state index contributed by atoms with van der Waals surface area (Å²) in [6.07, 6.45) is 2.23. The summed E-state index contributed by atoms with van der Waals surface area (Å²) < 4.78 is 34.7. The van der Waals surface area contributed by atoms with Gasteiger partial charge in [-0.25, -0.2) is 13.4 Å². The molecule has 4 rings (SSSR count). The molecular weight excluding hydrogens is 388 g/mol. The number of thiophene rings is 1. The number of nitrogens with zero attached hydrogens (tertiary/aromatic N) is 2. The molecule has 3 aromatic rings. The highest BCUT2D eigenvalue weighted by Crippen LogP contribution is 2.31. The smallest absolute Gasteiger partial charge is 0.274 e. The minimum atomic E-state index is -3.38. The number of hydrogen-bond acceptors (Lipinski definition) is 6. The van der Waals surface area contributed by atoms with Crippen LogP contribution in [-0.4, -0.2) is 36.9 Å². The summed E-state index contributed by atoms with van der Waals surface area (Å²) >= 11 is 2.91. The highest BCUT2D eigenvalue weighted by atomic mass is 32.2. The van der Waals surface area contributed by atoms with Crippen LogP contribution in [0, 0.1) is 0 Å². The molecule has 1 fully saturated rings. The second kappa shape index (κ2) is 7.26. The number of rotatable bonds is 5. The lowest BCUT2D eigenvalue weighted by Crippen LogP contribution is -2.41. The molecule has 1 saturated heterocycles. The molecule has 138 valence electrons. The van der Waals surface area contributed by atoms with Gasteiger partial charge in [0.15, 0.2) is 0 Å². The van der Waals surface area contributed by atoms with E-state index in [2.05, 4.69) is 4.98 Å². The van der Waals surface area contributed by atoms with Crippen molar-refractivity contribution in [1.29, 1.82) is 0 Å². The number of thiazole rings is 1. The Bertz CT molecular complexity index is 969. The first kappa shape index (κ1) is 17.9. The van der Waals surface area contributed by atoms with Gasteiger partial charge in [-0.1, -0.05) is 30.4 Å². The molecule has 5 nitrogen and oxygen atoms in total. The molecule has 0 amide bonds. The van der Waals surface area contributed by atoms with E-state index in [9.17, 15) is 8.42 Å². The molecule has 0 unspecified atom stereocenters. The van der Waals surface area contributed by atoms with Crippen molar-refractivity contribution in [1.82, 2.24) is 9.29 Å². The standard InChI is InChI=1S/C18H20N2O3S3/c1-2-14-7-8-17(24-14)26(21,22)20-11-9-13(10-12-20)23-18-19-15-5-3-4-6-16(15)25-18/h3-8,13H,2,9-12H2,1H3. The van der Waals surface area contributed by atoms with Crippen molar-refractivity contribution >= 4 is 42.9 Å². The fourth-order valence-electron chi connectivity index (χ4n) is 3.05. The van der Waals surface area contributed by atoms with Gasteiger partial charge in [0, 0.05) is 18.0 Å². The van der Waals surface area contributed by atoms with Crippen LogP contribution < -0.4 is 4.74 Å². The predicted molar refractivity (Wildman–Crippen MR) is 106 cm³/mol. The summed E-state index contributed by atoms with van der Waals surface area (Å²) in [7, 11) is -3.38. The van der Waals surface area contributed by atoms with E-state index in [0.29, 0.717) is 35.3 Å². The number of piperidine rings is 1. The molecule has 0 bridgehead atoms. The van der Waals surface area contributed by atoms with E-state index < -0.39 is 10.0 Å². The van der Waals surface area contributed by atoms with Crippen LogP contribution in [-0.2, 0) is 16.4 Å². The molecule has 26 heavy (non-hydrogen) atoms. The average molecular weight is 409 g/mol. The lowest BCUT2D eigenvalue weighted by atomic mass is 10.1. The molecule has 0 aliphatic carbocycles. The molecule has 3 heterocycles. The number of hydrogen-bond donors (Lipinski definition) is 0.